The van der Waals surface area contributed by atoms with Crippen LogP contribution in [0.4, 0.5) is 4.39 Å². The van der Waals surface area contributed by atoms with E-state index in [9.17, 15) is 4.39 Å². The zero-order chi connectivity index (χ0) is 12.3. The summed E-state index contributed by atoms with van der Waals surface area (Å²) in [6.07, 6.45) is 1.67. The monoisotopic (exact) mass is 232 g/mol. The molecular weight excluding hydrogens is 219 g/mol. The van der Waals surface area contributed by atoms with Gasteiger partial charge in [-0.3, -0.25) is 4.98 Å². The molecule has 0 aliphatic rings. The molecule has 0 unspecified atom stereocenters. The highest BCUT2D eigenvalue weighted by Gasteiger charge is 2.11. The first kappa shape index (κ1) is 11.5. The molecule has 0 fully saturated rings. The lowest BCUT2D eigenvalue weighted by molar-refractivity contribution is 0.415. The Labute approximate surface area is 99.1 Å². The minimum Gasteiger partial charge on any atom is -0.494 e. The van der Waals surface area contributed by atoms with Gasteiger partial charge in [-0.1, -0.05) is 0 Å². The average molecular weight is 232 g/mol. The molecule has 88 valence electrons. The number of ether oxygens (including phenoxy) is 1. The van der Waals surface area contributed by atoms with Crippen LogP contribution in [0, 0.1) is 5.82 Å². The quantitative estimate of drug-likeness (QED) is 0.883. The molecular formula is C13H13FN2O. The first-order valence-corrected chi connectivity index (χ1v) is 5.24. The number of benzene rings is 1. The van der Waals surface area contributed by atoms with Gasteiger partial charge in [0, 0.05) is 18.3 Å². The Morgan fingerprint density at radius 1 is 1.35 bits per heavy atom. The Kier molecular flexibility index (Phi) is 3.35. The van der Waals surface area contributed by atoms with Gasteiger partial charge in [-0.05, 0) is 35.9 Å². The predicted octanol–water partition coefficient (Wildman–Crippen LogP) is 2.35. The van der Waals surface area contributed by atoms with Crippen molar-refractivity contribution in [2.45, 2.75) is 6.54 Å². The molecule has 1 heterocycles. The molecule has 4 heteroatoms. The molecule has 1 aromatic heterocycles. The number of aromatic nitrogens is 1. The summed E-state index contributed by atoms with van der Waals surface area (Å²) in [5.41, 5.74) is 7.80. The fourth-order valence-electron chi connectivity index (χ4n) is 1.72. The zero-order valence-corrected chi connectivity index (χ0v) is 9.48. The second-order valence-electron chi connectivity index (χ2n) is 3.56. The smallest absolute Gasteiger partial charge is 0.145 e. The molecule has 0 saturated carbocycles. The van der Waals surface area contributed by atoms with Gasteiger partial charge < -0.3 is 10.5 Å². The maximum atomic E-state index is 13.1. The van der Waals surface area contributed by atoms with E-state index < -0.39 is 0 Å². The van der Waals surface area contributed by atoms with Crippen LogP contribution >= 0.6 is 0 Å². The third-order valence-electron chi connectivity index (χ3n) is 2.53. The number of pyridine rings is 1. The van der Waals surface area contributed by atoms with Crippen molar-refractivity contribution in [2.75, 3.05) is 7.11 Å². The summed E-state index contributed by atoms with van der Waals surface area (Å²) in [6, 6.07) is 8.08. The second-order valence-corrected chi connectivity index (χ2v) is 3.56. The van der Waals surface area contributed by atoms with Crippen LogP contribution in [0.25, 0.3) is 11.3 Å². The molecule has 0 aliphatic carbocycles. The number of hydrogen-bond donors (Lipinski definition) is 1. The maximum absolute atomic E-state index is 13.1. The third kappa shape index (κ3) is 2.26. The van der Waals surface area contributed by atoms with Crippen molar-refractivity contribution in [3.8, 4) is 17.0 Å². The summed E-state index contributed by atoms with van der Waals surface area (Å²) in [4.78, 5) is 4.26. The molecule has 0 amide bonds. The van der Waals surface area contributed by atoms with Gasteiger partial charge in [-0.15, -0.1) is 0 Å². The Balaban J connectivity index is 2.59. The number of halogens is 1. The minimum absolute atomic E-state index is 0.257. The number of rotatable bonds is 3. The maximum Gasteiger partial charge on any atom is 0.145 e. The summed E-state index contributed by atoms with van der Waals surface area (Å²) in [6.45, 7) is 0.257. The van der Waals surface area contributed by atoms with Gasteiger partial charge in [-0.25, -0.2) is 4.39 Å². The standard InChI is InChI=1S/C13H13FN2O/c1-17-12-3-2-6-16-13(12)11-5-4-10(14)7-9(11)8-15/h2-7H,8,15H2,1H3. The van der Waals surface area contributed by atoms with E-state index in [2.05, 4.69) is 4.98 Å². The summed E-state index contributed by atoms with van der Waals surface area (Å²) >= 11 is 0. The summed E-state index contributed by atoms with van der Waals surface area (Å²) in [7, 11) is 1.58. The Hall–Kier alpha value is -1.94. The van der Waals surface area contributed by atoms with Crippen LogP contribution in [0.1, 0.15) is 5.56 Å². The van der Waals surface area contributed by atoms with Crippen LogP contribution in [0.2, 0.25) is 0 Å². The van der Waals surface area contributed by atoms with E-state index >= 15 is 0 Å². The van der Waals surface area contributed by atoms with Gasteiger partial charge in [0.25, 0.3) is 0 Å². The van der Waals surface area contributed by atoms with E-state index in [0.29, 0.717) is 17.0 Å². The van der Waals surface area contributed by atoms with E-state index in [0.717, 1.165) is 5.56 Å². The number of nitrogens with zero attached hydrogens (tertiary/aromatic N) is 1. The normalized spacial score (nSPS) is 10.3. The largest absolute Gasteiger partial charge is 0.494 e. The molecule has 0 aliphatic heterocycles. The summed E-state index contributed by atoms with van der Waals surface area (Å²) in [5, 5.41) is 0. The lowest BCUT2D eigenvalue weighted by Crippen LogP contribution is -2.01. The second kappa shape index (κ2) is 4.93. The molecule has 2 aromatic rings. The molecule has 17 heavy (non-hydrogen) atoms. The molecule has 0 bridgehead atoms. The van der Waals surface area contributed by atoms with Crippen LogP contribution in [0.15, 0.2) is 36.5 Å². The molecule has 0 saturated heterocycles. The van der Waals surface area contributed by atoms with Crippen molar-refractivity contribution in [2.24, 2.45) is 5.73 Å². The highest BCUT2D eigenvalue weighted by Crippen LogP contribution is 2.30. The van der Waals surface area contributed by atoms with E-state index in [1.165, 1.54) is 12.1 Å². The number of hydrogen-bond acceptors (Lipinski definition) is 3. The van der Waals surface area contributed by atoms with Gasteiger partial charge in [0.1, 0.15) is 17.3 Å². The molecule has 3 nitrogen and oxygen atoms in total. The first-order valence-electron chi connectivity index (χ1n) is 5.24. The average Bonchev–Trinajstić information content (AvgIpc) is 2.38. The van der Waals surface area contributed by atoms with Crippen LogP contribution in [0.5, 0.6) is 5.75 Å². The fourth-order valence-corrected chi connectivity index (χ4v) is 1.72. The third-order valence-corrected chi connectivity index (χ3v) is 2.53. The number of methoxy groups -OCH3 is 1. The predicted molar refractivity (Wildman–Crippen MR) is 64.1 cm³/mol. The fraction of sp³-hybridized carbons (Fsp3) is 0.154. The Morgan fingerprint density at radius 2 is 2.18 bits per heavy atom. The van der Waals surface area contributed by atoms with Crippen LogP contribution in [0.3, 0.4) is 0 Å². The number of nitrogens with two attached hydrogens (primary N) is 1. The summed E-state index contributed by atoms with van der Waals surface area (Å²) in [5.74, 6) is 0.345. The lowest BCUT2D eigenvalue weighted by Gasteiger charge is -2.10. The Morgan fingerprint density at radius 3 is 2.88 bits per heavy atom. The van der Waals surface area contributed by atoms with Gasteiger partial charge in [0.2, 0.25) is 0 Å². The van der Waals surface area contributed by atoms with Crippen molar-refractivity contribution in [1.82, 2.24) is 4.98 Å². The van der Waals surface area contributed by atoms with Gasteiger partial charge >= 0.3 is 0 Å². The van der Waals surface area contributed by atoms with Gasteiger partial charge in [0.05, 0.1) is 7.11 Å². The summed E-state index contributed by atoms with van der Waals surface area (Å²) < 4.78 is 18.4. The minimum atomic E-state index is -0.302. The molecule has 0 atom stereocenters. The molecule has 0 spiro atoms. The Bertz CT molecular complexity index is 529. The molecule has 0 radical (unpaired) electrons. The van der Waals surface area contributed by atoms with Crippen molar-refractivity contribution in [3.63, 3.8) is 0 Å². The van der Waals surface area contributed by atoms with Crippen LogP contribution in [-0.2, 0) is 6.54 Å². The van der Waals surface area contributed by atoms with Gasteiger partial charge in [0.15, 0.2) is 0 Å². The van der Waals surface area contributed by atoms with E-state index in [1.807, 2.05) is 6.07 Å². The van der Waals surface area contributed by atoms with Crippen molar-refractivity contribution in [1.29, 1.82) is 0 Å². The topological polar surface area (TPSA) is 48.1 Å². The highest BCUT2D eigenvalue weighted by atomic mass is 19.1. The molecule has 1 aromatic carbocycles. The SMILES string of the molecule is COc1cccnc1-c1ccc(F)cc1CN. The highest BCUT2D eigenvalue weighted by molar-refractivity contribution is 5.69. The van der Waals surface area contributed by atoms with Crippen molar-refractivity contribution in [3.05, 3.63) is 47.9 Å². The first-order chi connectivity index (χ1) is 8.26. The van der Waals surface area contributed by atoms with Crippen LogP contribution < -0.4 is 10.5 Å². The zero-order valence-electron chi connectivity index (χ0n) is 9.48. The molecule has 2 rings (SSSR count). The van der Waals surface area contributed by atoms with Crippen LogP contribution in [-0.4, -0.2) is 12.1 Å². The van der Waals surface area contributed by atoms with Crippen molar-refractivity contribution < 1.29 is 9.13 Å². The lowest BCUT2D eigenvalue weighted by atomic mass is 10.0. The van der Waals surface area contributed by atoms with E-state index in [-0.39, 0.29) is 12.4 Å². The molecule has 2 N–H and O–H groups in total. The van der Waals surface area contributed by atoms with Crippen molar-refractivity contribution >= 4 is 0 Å². The van der Waals surface area contributed by atoms with E-state index in [1.54, 1.807) is 25.4 Å². The van der Waals surface area contributed by atoms with Gasteiger partial charge in [-0.2, -0.15) is 0 Å². The van der Waals surface area contributed by atoms with E-state index in [4.69, 9.17) is 10.5 Å².